The molecule has 0 aromatic rings. The number of carbonyl (C=O) groups excluding carboxylic acids is 1. The molecule has 16 heavy (non-hydrogen) atoms. The van der Waals surface area contributed by atoms with E-state index in [1.165, 1.54) is 0 Å². The Labute approximate surface area is 96.6 Å². The topological polar surface area (TPSA) is 57.6 Å². The second-order valence-electron chi connectivity index (χ2n) is 4.80. The van der Waals surface area contributed by atoms with Crippen LogP contribution in [0.2, 0.25) is 0 Å². The van der Waals surface area contributed by atoms with E-state index in [2.05, 4.69) is 0 Å². The summed E-state index contributed by atoms with van der Waals surface area (Å²) in [5.74, 6) is -2.22. The zero-order chi connectivity index (χ0) is 12.1. The van der Waals surface area contributed by atoms with Gasteiger partial charge < -0.3 is 10.0 Å². The summed E-state index contributed by atoms with van der Waals surface area (Å²) >= 11 is 0. The molecule has 92 valence electrons. The predicted molar refractivity (Wildman–Crippen MR) is 61.0 cm³/mol. The van der Waals surface area contributed by atoms with Gasteiger partial charge in [-0.3, -0.25) is 9.59 Å². The first-order valence-corrected chi connectivity index (χ1v) is 6.05. The fourth-order valence-electron chi connectivity index (χ4n) is 2.16. The Morgan fingerprint density at radius 3 is 1.94 bits per heavy atom. The zero-order valence-corrected chi connectivity index (χ0v) is 10.1. The molecule has 0 spiro atoms. The molecule has 4 nitrogen and oxygen atoms in total. The third kappa shape index (κ3) is 3.22. The lowest BCUT2D eigenvalue weighted by Crippen LogP contribution is -2.42. The molecule has 0 radical (unpaired) electrons. The summed E-state index contributed by atoms with van der Waals surface area (Å²) in [6.07, 6.45) is 4.28. The van der Waals surface area contributed by atoms with Crippen molar-refractivity contribution in [3.8, 4) is 0 Å². The van der Waals surface area contributed by atoms with Crippen molar-refractivity contribution < 1.29 is 14.7 Å². The van der Waals surface area contributed by atoms with E-state index in [0.717, 1.165) is 38.8 Å². The minimum Gasteiger partial charge on any atom is -0.481 e. The van der Waals surface area contributed by atoms with Gasteiger partial charge in [0.05, 0.1) is 0 Å². The van der Waals surface area contributed by atoms with Crippen molar-refractivity contribution in [1.82, 2.24) is 4.90 Å². The van der Waals surface area contributed by atoms with Crippen molar-refractivity contribution in [2.45, 2.75) is 39.5 Å². The number of hydrogen-bond acceptors (Lipinski definition) is 2. The molecule has 1 unspecified atom stereocenters. The number of aliphatic carboxylic acids is 1. The van der Waals surface area contributed by atoms with Crippen molar-refractivity contribution in [3.63, 3.8) is 0 Å². The summed E-state index contributed by atoms with van der Waals surface area (Å²) in [6, 6.07) is 0. The number of amides is 1. The summed E-state index contributed by atoms with van der Waals surface area (Å²) in [6.45, 7) is 5.01. The average molecular weight is 227 g/mol. The van der Waals surface area contributed by atoms with E-state index >= 15 is 0 Å². The third-order valence-corrected chi connectivity index (χ3v) is 3.12. The highest BCUT2D eigenvalue weighted by atomic mass is 16.4. The van der Waals surface area contributed by atoms with Crippen LogP contribution in [0.3, 0.4) is 0 Å². The molecule has 0 aliphatic carbocycles. The number of carbonyl (C=O) groups is 2. The third-order valence-electron chi connectivity index (χ3n) is 3.12. The van der Waals surface area contributed by atoms with Crippen LogP contribution in [0, 0.1) is 11.8 Å². The Morgan fingerprint density at radius 2 is 1.56 bits per heavy atom. The molecular weight excluding hydrogens is 206 g/mol. The minimum absolute atomic E-state index is 0.145. The second kappa shape index (κ2) is 5.87. The maximum absolute atomic E-state index is 12.1. The Bertz CT molecular complexity index is 255. The van der Waals surface area contributed by atoms with Crippen LogP contribution in [0.5, 0.6) is 0 Å². The Hall–Kier alpha value is -1.06. The average Bonchev–Trinajstić information content (AvgIpc) is 2.43. The molecule has 1 saturated heterocycles. The smallest absolute Gasteiger partial charge is 0.316 e. The fraction of sp³-hybridized carbons (Fsp3) is 0.833. The maximum atomic E-state index is 12.1. The zero-order valence-electron chi connectivity index (χ0n) is 10.1. The van der Waals surface area contributed by atoms with E-state index in [9.17, 15) is 9.59 Å². The first-order valence-electron chi connectivity index (χ1n) is 6.05. The molecule has 1 aliphatic rings. The largest absolute Gasteiger partial charge is 0.481 e. The first kappa shape index (κ1) is 13.0. The molecule has 1 heterocycles. The highest BCUT2D eigenvalue weighted by Crippen LogP contribution is 2.18. The molecular formula is C12H21NO3. The molecule has 1 rings (SSSR count). The number of carboxylic acids is 1. The highest BCUT2D eigenvalue weighted by Gasteiger charge is 2.33. The molecule has 4 heteroatoms. The molecule has 1 N–H and O–H groups in total. The second-order valence-corrected chi connectivity index (χ2v) is 4.80. The number of likely N-dealkylation sites (tertiary alicyclic amines) is 1. The SMILES string of the molecule is CC(C)C(C(=O)O)C(=O)N1CCCCCC1. The molecule has 0 bridgehead atoms. The van der Waals surface area contributed by atoms with Crippen molar-refractivity contribution in [2.75, 3.05) is 13.1 Å². The Kier molecular flexibility index (Phi) is 4.77. The Morgan fingerprint density at radius 1 is 1.06 bits per heavy atom. The van der Waals surface area contributed by atoms with E-state index in [1.807, 2.05) is 0 Å². The number of hydrogen-bond donors (Lipinski definition) is 1. The van der Waals surface area contributed by atoms with Gasteiger partial charge in [-0.25, -0.2) is 0 Å². The van der Waals surface area contributed by atoms with Gasteiger partial charge >= 0.3 is 5.97 Å². The van der Waals surface area contributed by atoms with Crippen LogP contribution in [-0.2, 0) is 9.59 Å². The van der Waals surface area contributed by atoms with Crippen LogP contribution in [0.1, 0.15) is 39.5 Å². The van der Waals surface area contributed by atoms with Gasteiger partial charge in [0.2, 0.25) is 5.91 Å². The Balaban J connectivity index is 2.68. The van der Waals surface area contributed by atoms with Crippen molar-refractivity contribution in [1.29, 1.82) is 0 Å². The van der Waals surface area contributed by atoms with Crippen molar-refractivity contribution in [3.05, 3.63) is 0 Å². The van der Waals surface area contributed by atoms with E-state index < -0.39 is 11.9 Å². The van der Waals surface area contributed by atoms with Crippen LogP contribution in [0.25, 0.3) is 0 Å². The van der Waals surface area contributed by atoms with E-state index in [1.54, 1.807) is 18.7 Å². The van der Waals surface area contributed by atoms with Crippen molar-refractivity contribution in [2.24, 2.45) is 11.8 Å². The van der Waals surface area contributed by atoms with Gasteiger partial charge in [0.25, 0.3) is 0 Å². The quantitative estimate of drug-likeness (QED) is 0.747. The molecule has 0 aromatic heterocycles. The van der Waals surface area contributed by atoms with Gasteiger partial charge in [-0.05, 0) is 18.8 Å². The van der Waals surface area contributed by atoms with Crippen LogP contribution >= 0.6 is 0 Å². The van der Waals surface area contributed by atoms with E-state index in [-0.39, 0.29) is 11.8 Å². The predicted octanol–water partition coefficient (Wildman–Crippen LogP) is 1.75. The van der Waals surface area contributed by atoms with Crippen LogP contribution in [-0.4, -0.2) is 35.0 Å². The summed E-state index contributed by atoms with van der Waals surface area (Å²) in [5.41, 5.74) is 0. The maximum Gasteiger partial charge on any atom is 0.316 e. The number of carboxylic acid groups (broad SMARTS) is 1. The molecule has 0 aromatic carbocycles. The standard InChI is InChI=1S/C12H21NO3/c1-9(2)10(12(15)16)11(14)13-7-5-3-4-6-8-13/h9-10H,3-8H2,1-2H3,(H,15,16). The van der Waals surface area contributed by atoms with Gasteiger partial charge in [-0.1, -0.05) is 26.7 Å². The number of nitrogens with zero attached hydrogens (tertiary/aromatic N) is 1. The first-order chi connectivity index (χ1) is 7.54. The minimum atomic E-state index is -0.996. The van der Waals surface area contributed by atoms with Crippen LogP contribution in [0.4, 0.5) is 0 Å². The lowest BCUT2D eigenvalue weighted by atomic mass is 9.94. The lowest BCUT2D eigenvalue weighted by molar-refractivity contribution is -0.153. The molecule has 1 fully saturated rings. The van der Waals surface area contributed by atoms with Crippen LogP contribution < -0.4 is 0 Å². The van der Waals surface area contributed by atoms with E-state index in [0.29, 0.717) is 0 Å². The molecule has 1 amide bonds. The van der Waals surface area contributed by atoms with Crippen molar-refractivity contribution >= 4 is 11.9 Å². The molecule has 1 atom stereocenters. The lowest BCUT2D eigenvalue weighted by Gasteiger charge is -2.25. The molecule has 0 saturated carbocycles. The van der Waals surface area contributed by atoms with Gasteiger partial charge in [-0.2, -0.15) is 0 Å². The summed E-state index contributed by atoms with van der Waals surface area (Å²) in [5, 5.41) is 9.07. The summed E-state index contributed by atoms with van der Waals surface area (Å²) in [7, 11) is 0. The normalized spacial score (nSPS) is 19.3. The summed E-state index contributed by atoms with van der Waals surface area (Å²) in [4.78, 5) is 24.9. The fourth-order valence-corrected chi connectivity index (χ4v) is 2.16. The number of rotatable bonds is 3. The van der Waals surface area contributed by atoms with Crippen LogP contribution in [0.15, 0.2) is 0 Å². The highest BCUT2D eigenvalue weighted by molar-refractivity contribution is 5.97. The molecule has 1 aliphatic heterocycles. The monoisotopic (exact) mass is 227 g/mol. The van der Waals surface area contributed by atoms with Gasteiger partial charge in [-0.15, -0.1) is 0 Å². The summed E-state index contributed by atoms with van der Waals surface area (Å²) < 4.78 is 0. The van der Waals surface area contributed by atoms with E-state index in [4.69, 9.17) is 5.11 Å². The van der Waals surface area contributed by atoms with Gasteiger partial charge in [0.1, 0.15) is 5.92 Å². The van der Waals surface area contributed by atoms with Gasteiger partial charge in [0.15, 0.2) is 0 Å². The van der Waals surface area contributed by atoms with Gasteiger partial charge in [0, 0.05) is 13.1 Å².